The van der Waals surface area contributed by atoms with Crippen LogP contribution in [0.25, 0.3) is 0 Å². The summed E-state index contributed by atoms with van der Waals surface area (Å²) in [6.07, 6.45) is 7.58. The minimum atomic E-state index is -3.30. The van der Waals surface area contributed by atoms with Crippen LogP contribution in [0.2, 0.25) is 0 Å². The third-order valence-electron chi connectivity index (χ3n) is 3.89. The van der Waals surface area contributed by atoms with E-state index in [1.165, 1.54) is 25.7 Å². The van der Waals surface area contributed by atoms with Gasteiger partial charge in [-0.2, -0.15) is 0 Å². The molecule has 2 aromatic rings. The summed E-state index contributed by atoms with van der Waals surface area (Å²) in [6.45, 7) is 2.22. The summed E-state index contributed by atoms with van der Waals surface area (Å²) < 4.78 is 11.8. The number of hydrogen-bond acceptors (Lipinski definition) is 3. The van der Waals surface area contributed by atoms with Crippen LogP contribution in [0.5, 0.6) is 11.5 Å². The monoisotopic (exact) mass is 348 g/mol. The first-order valence-electron chi connectivity index (χ1n) is 8.92. The normalized spacial score (nSPS) is 11.9. The molecule has 2 aromatic carbocycles. The van der Waals surface area contributed by atoms with Crippen molar-refractivity contribution in [2.24, 2.45) is 0 Å². The Morgan fingerprint density at radius 3 is 1.67 bits per heavy atom. The van der Waals surface area contributed by atoms with Crippen molar-refractivity contribution in [3.8, 4) is 11.5 Å². The molecule has 132 valence electrons. The molecule has 0 bridgehead atoms. The molecular formula is C20H29O3P. The van der Waals surface area contributed by atoms with Gasteiger partial charge in [-0.1, -0.05) is 0 Å². The molecule has 0 atom stereocenters. The van der Waals surface area contributed by atoms with E-state index in [9.17, 15) is 4.89 Å². The molecule has 0 aromatic heterocycles. The zero-order valence-electron chi connectivity index (χ0n) is 14.5. The summed E-state index contributed by atoms with van der Waals surface area (Å²) in [5, 5.41) is 0. The number of unbranched alkanes of at least 4 members (excludes halogenated alkanes) is 5. The molecule has 0 aliphatic heterocycles. The van der Waals surface area contributed by atoms with Crippen molar-refractivity contribution in [1.82, 2.24) is 0 Å². The van der Waals surface area contributed by atoms with E-state index >= 15 is 0 Å². The van der Waals surface area contributed by atoms with Gasteiger partial charge in [-0.3, -0.25) is 0 Å². The molecule has 0 radical (unpaired) electrons. The van der Waals surface area contributed by atoms with E-state index in [-0.39, 0.29) is 0 Å². The minimum absolute atomic E-state index is 0.572. The van der Waals surface area contributed by atoms with Gasteiger partial charge in [0.1, 0.15) is 0 Å². The zero-order valence-corrected chi connectivity index (χ0v) is 15.5. The Morgan fingerprint density at radius 2 is 1.17 bits per heavy atom. The van der Waals surface area contributed by atoms with Crippen LogP contribution in [0.1, 0.15) is 45.4 Å². The molecule has 3 nitrogen and oxygen atoms in total. The predicted octanol–water partition coefficient (Wildman–Crippen LogP) is 5.99. The van der Waals surface area contributed by atoms with Gasteiger partial charge in [0.25, 0.3) is 0 Å². The van der Waals surface area contributed by atoms with E-state index in [2.05, 4.69) is 6.92 Å². The predicted molar refractivity (Wildman–Crippen MR) is 103 cm³/mol. The van der Waals surface area contributed by atoms with Crippen LogP contribution >= 0.6 is 7.94 Å². The van der Waals surface area contributed by atoms with Crippen molar-refractivity contribution >= 4 is 7.94 Å². The molecule has 0 aliphatic rings. The number of benzene rings is 2. The molecule has 0 unspecified atom stereocenters. The van der Waals surface area contributed by atoms with Crippen molar-refractivity contribution in [3.63, 3.8) is 0 Å². The van der Waals surface area contributed by atoms with Crippen molar-refractivity contribution < 1.29 is 13.9 Å². The van der Waals surface area contributed by atoms with Crippen LogP contribution in [0, 0.1) is 0 Å². The second-order valence-electron chi connectivity index (χ2n) is 6.06. The maximum absolute atomic E-state index is 11.0. The van der Waals surface area contributed by atoms with Crippen molar-refractivity contribution in [2.75, 3.05) is 6.16 Å². The van der Waals surface area contributed by atoms with Crippen molar-refractivity contribution in [1.29, 1.82) is 0 Å². The first-order valence-corrected chi connectivity index (χ1v) is 10.9. The van der Waals surface area contributed by atoms with E-state index in [0.29, 0.717) is 17.7 Å². The number of para-hydroxylation sites is 2. The van der Waals surface area contributed by atoms with Gasteiger partial charge >= 0.3 is 146 Å². The molecule has 1 N–H and O–H groups in total. The van der Waals surface area contributed by atoms with E-state index in [0.717, 1.165) is 12.8 Å². The van der Waals surface area contributed by atoms with Gasteiger partial charge < -0.3 is 0 Å². The third kappa shape index (κ3) is 6.90. The van der Waals surface area contributed by atoms with Crippen LogP contribution in [-0.2, 0) is 0 Å². The van der Waals surface area contributed by atoms with Gasteiger partial charge in [-0.15, -0.1) is 0 Å². The van der Waals surface area contributed by atoms with E-state index in [4.69, 9.17) is 9.05 Å². The summed E-state index contributed by atoms with van der Waals surface area (Å²) in [6, 6.07) is 18.9. The van der Waals surface area contributed by atoms with Crippen LogP contribution < -0.4 is 9.05 Å². The summed E-state index contributed by atoms with van der Waals surface area (Å²) in [5.74, 6) is 1.32. The standard InChI is InChI=1S/C20H29O3P/c1-2-3-4-5-6-13-18-24(21,22-19-14-9-7-10-15-19)23-20-16-11-8-12-17-20/h7-12,14-17,21,24H,2-6,13,18H2,1H3. The Balaban J connectivity index is 1.95. The Bertz CT molecular complexity index is 518. The van der Waals surface area contributed by atoms with Gasteiger partial charge in [0.15, 0.2) is 0 Å². The quantitative estimate of drug-likeness (QED) is 0.400. The second-order valence-corrected chi connectivity index (χ2v) is 8.39. The third-order valence-corrected chi connectivity index (χ3v) is 5.98. The van der Waals surface area contributed by atoms with E-state index in [1.54, 1.807) is 0 Å². The second kappa shape index (κ2) is 10.3. The van der Waals surface area contributed by atoms with Gasteiger partial charge in [0.2, 0.25) is 0 Å². The molecule has 0 heterocycles. The molecule has 0 fully saturated rings. The molecule has 0 saturated heterocycles. The summed E-state index contributed by atoms with van der Waals surface area (Å²) >= 11 is 0. The van der Waals surface area contributed by atoms with Gasteiger partial charge in [0, 0.05) is 0 Å². The van der Waals surface area contributed by atoms with Crippen LogP contribution in [0.15, 0.2) is 60.7 Å². The number of rotatable bonds is 11. The Labute approximate surface area is 146 Å². The van der Waals surface area contributed by atoms with E-state index in [1.807, 2.05) is 60.7 Å². The zero-order chi connectivity index (χ0) is 17.1. The molecule has 4 heteroatoms. The average molecular weight is 348 g/mol. The first kappa shape index (κ1) is 18.8. The summed E-state index contributed by atoms with van der Waals surface area (Å²) in [7, 11) is -3.30. The molecule has 0 saturated carbocycles. The van der Waals surface area contributed by atoms with Gasteiger partial charge in [0.05, 0.1) is 0 Å². The fourth-order valence-electron chi connectivity index (χ4n) is 2.60. The first-order chi connectivity index (χ1) is 11.7. The van der Waals surface area contributed by atoms with Crippen molar-refractivity contribution in [3.05, 3.63) is 60.7 Å². The van der Waals surface area contributed by atoms with Gasteiger partial charge in [-0.05, 0) is 0 Å². The van der Waals surface area contributed by atoms with Crippen LogP contribution in [0.3, 0.4) is 0 Å². The fraction of sp³-hybridized carbons (Fsp3) is 0.400. The molecule has 0 spiro atoms. The Hall–Kier alpha value is -1.57. The molecular weight excluding hydrogens is 319 g/mol. The molecule has 0 amide bonds. The fourth-order valence-corrected chi connectivity index (χ4v) is 4.55. The summed E-state index contributed by atoms with van der Waals surface area (Å²) in [5.41, 5.74) is 0. The maximum atomic E-state index is 11.0. The number of hydrogen-bond donors (Lipinski definition) is 1. The van der Waals surface area contributed by atoms with Crippen LogP contribution in [0.4, 0.5) is 0 Å². The van der Waals surface area contributed by atoms with Gasteiger partial charge in [-0.25, -0.2) is 0 Å². The Kier molecular flexibility index (Phi) is 8.07. The van der Waals surface area contributed by atoms with Crippen molar-refractivity contribution in [2.45, 2.75) is 45.4 Å². The van der Waals surface area contributed by atoms with Crippen LogP contribution in [-0.4, -0.2) is 11.1 Å². The molecule has 2 rings (SSSR count). The molecule has 24 heavy (non-hydrogen) atoms. The average Bonchev–Trinajstić information content (AvgIpc) is 2.60. The topological polar surface area (TPSA) is 38.7 Å². The SMILES string of the molecule is CCCCCCCC[PH](O)(Oc1ccccc1)Oc1ccccc1. The molecule has 0 aliphatic carbocycles. The Morgan fingerprint density at radius 1 is 0.708 bits per heavy atom. The van der Waals surface area contributed by atoms with E-state index < -0.39 is 7.94 Å². The summed E-state index contributed by atoms with van der Waals surface area (Å²) in [4.78, 5) is 11.0.